The third-order valence-electron chi connectivity index (χ3n) is 3.88. The Labute approximate surface area is 115 Å². The minimum atomic E-state index is -4.53. The topological polar surface area (TPSA) is 75.9 Å². The molecule has 1 aliphatic carbocycles. The lowest BCUT2D eigenvalue weighted by molar-refractivity contribution is -0.141. The summed E-state index contributed by atoms with van der Waals surface area (Å²) in [5, 5.41) is 2.97. The molecule has 8 heteroatoms. The molecule has 0 unspecified atom stereocenters. The van der Waals surface area contributed by atoms with E-state index in [1.165, 1.54) is 0 Å². The highest BCUT2D eigenvalue weighted by Gasteiger charge is 2.45. The van der Waals surface area contributed by atoms with Crippen LogP contribution in [0.4, 0.5) is 24.9 Å². The number of hydrazine groups is 1. The van der Waals surface area contributed by atoms with Crippen LogP contribution in [-0.4, -0.2) is 16.5 Å². The highest BCUT2D eigenvalue weighted by atomic mass is 19.4. The first-order valence-electron chi connectivity index (χ1n) is 6.43. The van der Waals surface area contributed by atoms with Crippen molar-refractivity contribution < 1.29 is 13.2 Å². The lowest BCUT2D eigenvalue weighted by atomic mass is 9.92. The first kappa shape index (κ1) is 14.8. The Kier molecular flexibility index (Phi) is 3.77. The van der Waals surface area contributed by atoms with E-state index < -0.39 is 11.9 Å². The predicted octanol–water partition coefficient (Wildman–Crippen LogP) is 2.63. The monoisotopic (exact) mass is 289 g/mol. The van der Waals surface area contributed by atoms with Crippen LogP contribution >= 0.6 is 0 Å². The molecule has 4 N–H and O–H groups in total. The van der Waals surface area contributed by atoms with E-state index in [1.807, 2.05) is 0 Å². The molecule has 20 heavy (non-hydrogen) atoms. The first-order valence-corrected chi connectivity index (χ1v) is 6.43. The zero-order chi connectivity index (χ0) is 15.0. The summed E-state index contributed by atoms with van der Waals surface area (Å²) in [7, 11) is 0. The van der Waals surface area contributed by atoms with Gasteiger partial charge >= 0.3 is 6.18 Å². The number of rotatable bonds is 5. The molecule has 0 atom stereocenters. The van der Waals surface area contributed by atoms with E-state index in [-0.39, 0.29) is 17.2 Å². The molecule has 2 rings (SSSR count). The van der Waals surface area contributed by atoms with Gasteiger partial charge in [0.05, 0.1) is 0 Å². The molecule has 0 radical (unpaired) electrons. The number of nitrogens with zero attached hydrogens (tertiary/aromatic N) is 2. The van der Waals surface area contributed by atoms with Crippen molar-refractivity contribution in [2.75, 3.05) is 17.3 Å². The molecule has 5 nitrogen and oxygen atoms in total. The SMILES string of the molecule is CC(C)C1(CNc2cc(C(F)(F)F)nc(NN)n2)CC1. The fourth-order valence-corrected chi connectivity index (χ4v) is 2.13. The number of hydrogen-bond donors (Lipinski definition) is 3. The smallest absolute Gasteiger partial charge is 0.369 e. The minimum Gasteiger partial charge on any atom is -0.369 e. The Morgan fingerprint density at radius 3 is 2.45 bits per heavy atom. The van der Waals surface area contributed by atoms with Crippen molar-refractivity contribution in [3.8, 4) is 0 Å². The number of hydrogen-bond acceptors (Lipinski definition) is 5. The average Bonchev–Trinajstić information content (AvgIpc) is 3.16. The quantitative estimate of drug-likeness (QED) is 0.574. The maximum absolute atomic E-state index is 12.7. The molecule has 0 aromatic carbocycles. The third kappa shape index (κ3) is 3.12. The molecule has 1 fully saturated rings. The van der Waals surface area contributed by atoms with E-state index in [4.69, 9.17) is 5.84 Å². The molecule has 1 aromatic heterocycles. The molecule has 1 saturated carbocycles. The van der Waals surface area contributed by atoms with E-state index in [0.717, 1.165) is 18.9 Å². The van der Waals surface area contributed by atoms with Crippen molar-refractivity contribution in [1.29, 1.82) is 0 Å². The van der Waals surface area contributed by atoms with Gasteiger partial charge in [-0.1, -0.05) is 13.8 Å². The third-order valence-corrected chi connectivity index (χ3v) is 3.88. The van der Waals surface area contributed by atoms with Gasteiger partial charge in [-0.25, -0.2) is 10.8 Å². The first-order chi connectivity index (χ1) is 9.27. The van der Waals surface area contributed by atoms with E-state index in [2.05, 4.69) is 34.6 Å². The van der Waals surface area contributed by atoms with Crippen LogP contribution in [0.5, 0.6) is 0 Å². The summed E-state index contributed by atoms with van der Waals surface area (Å²) >= 11 is 0. The van der Waals surface area contributed by atoms with Crippen LogP contribution in [0, 0.1) is 11.3 Å². The van der Waals surface area contributed by atoms with E-state index in [9.17, 15) is 13.2 Å². The lowest BCUT2D eigenvalue weighted by Gasteiger charge is -2.20. The summed E-state index contributed by atoms with van der Waals surface area (Å²) in [6.45, 7) is 4.83. The van der Waals surface area contributed by atoms with Gasteiger partial charge in [-0.3, -0.25) is 5.43 Å². The number of anilines is 2. The molecule has 0 spiro atoms. The molecule has 0 amide bonds. The number of halogens is 3. The largest absolute Gasteiger partial charge is 0.433 e. The second-order valence-corrected chi connectivity index (χ2v) is 5.47. The van der Waals surface area contributed by atoms with Crippen LogP contribution in [0.25, 0.3) is 0 Å². The Balaban J connectivity index is 2.15. The van der Waals surface area contributed by atoms with Crippen LogP contribution in [0.2, 0.25) is 0 Å². The van der Waals surface area contributed by atoms with Gasteiger partial charge < -0.3 is 5.32 Å². The van der Waals surface area contributed by atoms with Crippen molar-refractivity contribution in [2.45, 2.75) is 32.9 Å². The predicted molar refractivity (Wildman–Crippen MR) is 69.8 cm³/mol. The van der Waals surface area contributed by atoms with Gasteiger partial charge in [0.1, 0.15) is 5.82 Å². The van der Waals surface area contributed by atoms with Gasteiger partial charge in [0.25, 0.3) is 0 Å². The van der Waals surface area contributed by atoms with E-state index in [0.29, 0.717) is 12.5 Å². The number of nitrogen functional groups attached to an aromatic ring is 1. The summed E-state index contributed by atoms with van der Waals surface area (Å²) in [6, 6.07) is 0.900. The molecule has 0 aliphatic heterocycles. The average molecular weight is 289 g/mol. The molecular weight excluding hydrogens is 271 g/mol. The molecule has 1 heterocycles. The maximum Gasteiger partial charge on any atom is 0.433 e. The summed E-state index contributed by atoms with van der Waals surface area (Å²) in [6.07, 6.45) is -2.37. The Hall–Kier alpha value is -1.57. The molecule has 1 aromatic rings. The lowest BCUT2D eigenvalue weighted by Crippen LogP contribution is -2.22. The fraction of sp³-hybridized carbons (Fsp3) is 0.667. The number of nitrogens with two attached hydrogens (primary N) is 1. The normalized spacial score (nSPS) is 17.1. The summed E-state index contributed by atoms with van der Waals surface area (Å²) in [5.41, 5.74) is 1.20. The highest BCUT2D eigenvalue weighted by molar-refractivity contribution is 5.43. The van der Waals surface area contributed by atoms with Gasteiger partial charge in [-0.05, 0) is 24.2 Å². The summed E-state index contributed by atoms with van der Waals surface area (Å²) in [5.74, 6) is 5.46. The van der Waals surface area contributed by atoms with Gasteiger partial charge in [0, 0.05) is 12.6 Å². The van der Waals surface area contributed by atoms with Gasteiger partial charge in [0.2, 0.25) is 5.95 Å². The molecule has 0 saturated heterocycles. The second kappa shape index (κ2) is 5.08. The Bertz CT molecular complexity index is 482. The number of aromatic nitrogens is 2. The summed E-state index contributed by atoms with van der Waals surface area (Å²) < 4.78 is 38.1. The van der Waals surface area contributed by atoms with Crippen molar-refractivity contribution in [1.82, 2.24) is 9.97 Å². The van der Waals surface area contributed by atoms with Crippen LogP contribution in [0.1, 0.15) is 32.4 Å². The Morgan fingerprint density at radius 2 is 2.00 bits per heavy atom. The molecule has 1 aliphatic rings. The summed E-state index contributed by atoms with van der Waals surface area (Å²) in [4.78, 5) is 7.20. The zero-order valence-corrected chi connectivity index (χ0v) is 11.4. The zero-order valence-electron chi connectivity index (χ0n) is 11.4. The van der Waals surface area contributed by atoms with Crippen LogP contribution in [0.15, 0.2) is 6.07 Å². The molecular formula is C12H18F3N5. The van der Waals surface area contributed by atoms with E-state index >= 15 is 0 Å². The fourth-order valence-electron chi connectivity index (χ4n) is 2.13. The molecule has 112 valence electrons. The second-order valence-electron chi connectivity index (χ2n) is 5.47. The van der Waals surface area contributed by atoms with Crippen LogP contribution in [-0.2, 0) is 6.18 Å². The van der Waals surface area contributed by atoms with Crippen LogP contribution < -0.4 is 16.6 Å². The highest BCUT2D eigenvalue weighted by Crippen LogP contribution is 2.51. The van der Waals surface area contributed by atoms with Gasteiger partial charge in [0.15, 0.2) is 5.69 Å². The minimum absolute atomic E-state index is 0.132. The van der Waals surface area contributed by atoms with Crippen molar-refractivity contribution in [3.63, 3.8) is 0 Å². The van der Waals surface area contributed by atoms with Crippen molar-refractivity contribution in [3.05, 3.63) is 11.8 Å². The maximum atomic E-state index is 12.7. The number of alkyl halides is 3. The van der Waals surface area contributed by atoms with Gasteiger partial charge in [-0.2, -0.15) is 18.2 Å². The number of nitrogens with one attached hydrogen (secondary N) is 2. The van der Waals surface area contributed by atoms with Crippen molar-refractivity contribution in [2.24, 2.45) is 17.2 Å². The van der Waals surface area contributed by atoms with E-state index in [1.54, 1.807) is 0 Å². The standard InChI is InChI=1S/C12H18F3N5/c1-7(2)11(3-4-11)6-17-9-5-8(12(13,14)15)18-10(19-9)20-16/h5,7H,3-4,6,16H2,1-2H3,(H2,17,18,19,20). The molecule has 0 bridgehead atoms. The van der Waals surface area contributed by atoms with Gasteiger partial charge in [-0.15, -0.1) is 0 Å². The van der Waals surface area contributed by atoms with Crippen molar-refractivity contribution >= 4 is 11.8 Å². The Morgan fingerprint density at radius 1 is 1.35 bits per heavy atom. The van der Waals surface area contributed by atoms with Crippen LogP contribution in [0.3, 0.4) is 0 Å².